The average Bonchev–Trinajstić information content (AvgIpc) is 2.98. The van der Waals surface area contributed by atoms with Gasteiger partial charge in [-0.3, -0.25) is 0 Å². The van der Waals surface area contributed by atoms with Crippen molar-refractivity contribution >= 4 is 21.6 Å². The van der Waals surface area contributed by atoms with Crippen LogP contribution in [0.2, 0.25) is 5.02 Å². The summed E-state index contributed by atoms with van der Waals surface area (Å²) in [6.07, 6.45) is 0.828. The molecule has 0 N–H and O–H groups in total. The van der Waals surface area contributed by atoms with Crippen molar-refractivity contribution in [3.63, 3.8) is 0 Å². The second-order valence-electron chi connectivity index (χ2n) is 6.11. The molecule has 0 aromatic heterocycles. The van der Waals surface area contributed by atoms with E-state index in [0.717, 1.165) is 12.0 Å². The first kappa shape index (κ1) is 17.7. The molecule has 1 heterocycles. The second kappa shape index (κ2) is 7.30. The molecule has 1 aromatic carbocycles. The van der Waals surface area contributed by atoms with Crippen LogP contribution in [0.15, 0.2) is 24.3 Å². The molecule has 0 bridgehead atoms. The number of halogens is 1. The average molecular weight is 346 g/mol. The molecular weight excluding hydrogens is 322 g/mol. The van der Waals surface area contributed by atoms with Gasteiger partial charge in [-0.1, -0.05) is 30.7 Å². The fraction of sp³-hybridized carbons (Fsp3) is 0.625. The van der Waals surface area contributed by atoms with Crippen LogP contribution in [0.5, 0.6) is 0 Å². The first-order valence-electron chi connectivity index (χ1n) is 7.60. The standard InChI is InChI=1S/C16H24ClNO3S/c1-12(15-4-6-16(17)7-5-15)13(2)18(3)22(19,20)11-14-8-9-21-10-14/h4-7,12-14H,8-11H2,1-3H3/t12-,13-,14+/m0/s1. The number of benzene rings is 1. The molecule has 0 aliphatic carbocycles. The van der Waals surface area contributed by atoms with E-state index in [0.29, 0.717) is 18.2 Å². The van der Waals surface area contributed by atoms with Crippen molar-refractivity contribution in [3.05, 3.63) is 34.9 Å². The highest BCUT2D eigenvalue weighted by molar-refractivity contribution is 7.89. The van der Waals surface area contributed by atoms with Crippen molar-refractivity contribution in [2.75, 3.05) is 26.0 Å². The van der Waals surface area contributed by atoms with E-state index in [1.807, 2.05) is 38.1 Å². The monoisotopic (exact) mass is 345 g/mol. The summed E-state index contributed by atoms with van der Waals surface area (Å²) < 4.78 is 31.9. The SMILES string of the molecule is C[C@H](c1ccc(Cl)cc1)[C@H](C)N(C)S(=O)(=O)C[C@@H]1CCOC1. The van der Waals surface area contributed by atoms with Crippen LogP contribution >= 0.6 is 11.6 Å². The van der Waals surface area contributed by atoms with Gasteiger partial charge in [0, 0.05) is 24.7 Å². The summed E-state index contributed by atoms with van der Waals surface area (Å²) in [6.45, 7) is 5.20. The number of sulfonamides is 1. The van der Waals surface area contributed by atoms with E-state index in [1.165, 1.54) is 4.31 Å². The van der Waals surface area contributed by atoms with Crippen LogP contribution in [0, 0.1) is 5.92 Å². The summed E-state index contributed by atoms with van der Waals surface area (Å²) in [5, 5.41) is 0.686. The molecule has 1 aromatic rings. The van der Waals surface area contributed by atoms with Gasteiger partial charge in [0.1, 0.15) is 0 Å². The zero-order valence-electron chi connectivity index (χ0n) is 13.3. The Morgan fingerprint density at radius 2 is 1.95 bits per heavy atom. The number of ether oxygens (including phenoxy) is 1. The Morgan fingerprint density at radius 3 is 2.50 bits per heavy atom. The van der Waals surface area contributed by atoms with E-state index in [9.17, 15) is 8.42 Å². The van der Waals surface area contributed by atoms with Crippen LogP contribution < -0.4 is 0 Å². The summed E-state index contributed by atoms with van der Waals surface area (Å²) in [7, 11) is -1.61. The van der Waals surface area contributed by atoms with Crippen molar-refractivity contribution in [1.29, 1.82) is 0 Å². The smallest absolute Gasteiger partial charge is 0.214 e. The van der Waals surface area contributed by atoms with Gasteiger partial charge < -0.3 is 4.74 Å². The largest absolute Gasteiger partial charge is 0.381 e. The molecule has 0 radical (unpaired) electrons. The Labute approximate surface area is 138 Å². The van der Waals surface area contributed by atoms with Crippen LogP contribution in [0.3, 0.4) is 0 Å². The van der Waals surface area contributed by atoms with Gasteiger partial charge in [0.2, 0.25) is 10.0 Å². The molecule has 0 unspecified atom stereocenters. The topological polar surface area (TPSA) is 46.6 Å². The Hall–Kier alpha value is -0.620. The Bertz CT molecular complexity index is 582. The third-order valence-corrected chi connectivity index (χ3v) is 6.96. The summed E-state index contributed by atoms with van der Waals surface area (Å²) >= 11 is 5.91. The minimum atomic E-state index is -3.28. The molecule has 124 valence electrons. The van der Waals surface area contributed by atoms with Crippen molar-refractivity contribution in [3.8, 4) is 0 Å². The molecule has 4 nitrogen and oxygen atoms in total. The summed E-state index contributed by atoms with van der Waals surface area (Å²) in [5.41, 5.74) is 1.09. The van der Waals surface area contributed by atoms with Gasteiger partial charge in [0.25, 0.3) is 0 Å². The van der Waals surface area contributed by atoms with Crippen molar-refractivity contribution in [2.45, 2.75) is 32.2 Å². The van der Waals surface area contributed by atoms with Crippen LogP contribution in [0.4, 0.5) is 0 Å². The lowest BCUT2D eigenvalue weighted by Gasteiger charge is -2.30. The molecule has 22 heavy (non-hydrogen) atoms. The minimum absolute atomic E-state index is 0.0943. The number of rotatable bonds is 6. The summed E-state index contributed by atoms with van der Waals surface area (Å²) in [6, 6.07) is 7.46. The maximum absolute atomic E-state index is 12.6. The molecule has 1 aliphatic rings. The van der Waals surface area contributed by atoms with E-state index < -0.39 is 10.0 Å². The summed E-state index contributed by atoms with van der Waals surface area (Å²) in [4.78, 5) is 0. The first-order valence-corrected chi connectivity index (χ1v) is 9.59. The van der Waals surface area contributed by atoms with Crippen LogP contribution in [-0.2, 0) is 14.8 Å². The maximum atomic E-state index is 12.6. The van der Waals surface area contributed by atoms with Crippen molar-refractivity contribution in [2.24, 2.45) is 5.92 Å². The lowest BCUT2D eigenvalue weighted by molar-refractivity contribution is 0.188. The Kier molecular flexibility index (Phi) is 5.88. The highest BCUT2D eigenvalue weighted by atomic mass is 35.5. The predicted octanol–water partition coefficient (Wildman–Crippen LogP) is 3.13. The normalized spacial score (nSPS) is 22.0. The van der Waals surface area contributed by atoms with E-state index in [2.05, 4.69) is 0 Å². The number of hydrogen-bond acceptors (Lipinski definition) is 3. The van der Waals surface area contributed by atoms with Gasteiger partial charge in [0.05, 0.1) is 12.4 Å². The van der Waals surface area contributed by atoms with Crippen LogP contribution in [-0.4, -0.2) is 44.8 Å². The number of hydrogen-bond donors (Lipinski definition) is 0. The lowest BCUT2D eigenvalue weighted by atomic mass is 9.95. The maximum Gasteiger partial charge on any atom is 0.214 e. The first-order chi connectivity index (χ1) is 10.3. The molecule has 1 saturated heterocycles. The van der Waals surface area contributed by atoms with Gasteiger partial charge in [-0.2, -0.15) is 0 Å². The molecule has 0 spiro atoms. The number of likely N-dealkylation sites (N-methyl/N-ethyl adjacent to an activating group) is 1. The second-order valence-corrected chi connectivity index (χ2v) is 8.61. The zero-order chi connectivity index (χ0) is 16.3. The van der Waals surface area contributed by atoms with Crippen LogP contribution in [0.1, 0.15) is 31.7 Å². The number of nitrogens with zero attached hydrogens (tertiary/aromatic N) is 1. The fourth-order valence-corrected chi connectivity index (χ4v) is 4.65. The predicted molar refractivity (Wildman–Crippen MR) is 89.8 cm³/mol. The van der Waals surface area contributed by atoms with Gasteiger partial charge in [-0.25, -0.2) is 12.7 Å². The lowest BCUT2D eigenvalue weighted by Crippen LogP contribution is -2.41. The zero-order valence-corrected chi connectivity index (χ0v) is 14.9. The van der Waals surface area contributed by atoms with Crippen molar-refractivity contribution < 1.29 is 13.2 Å². The molecule has 2 rings (SSSR count). The highest BCUT2D eigenvalue weighted by Gasteiger charge is 2.31. The quantitative estimate of drug-likeness (QED) is 0.795. The Balaban J connectivity index is 2.06. The van der Waals surface area contributed by atoms with Gasteiger partial charge in [-0.05, 0) is 42.9 Å². The van der Waals surface area contributed by atoms with Crippen molar-refractivity contribution in [1.82, 2.24) is 4.31 Å². The van der Waals surface area contributed by atoms with Gasteiger partial charge in [0.15, 0.2) is 0 Å². The third kappa shape index (κ3) is 4.22. The fourth-order valence-electron chi connectivity index (χ4n) is 2.74. The van der Waals surface area contributed by atoms with E-state index >= 15 is 0 Å². The van der Waals surface area contributed by atoms with Gasteiger partial charge in [-0.15, -0.1) is 0 Å². The van der Waals surface area contributed by atoms with Crippen LogP contribution in [0.25, 0.3) is 0 Å². The molecule has 1 fully saturated rings. The summed E-state index contributed by atoms with van der Waals surface area (Å²) in [5.74, 6) is 0.378. The third-order valence-electron chi connectivity index (χ3n) is 4.60. The molecule has 0 amide bonds. The molecule has 1 aliphatic heterocycles. The molecule has 6 heteroatoms. The minimum Gasteiger partial charge on any atom is -0.381 e. The van der Waals surface area contributed by atoms with E-state index in [4.69, 9.17) is 16.3 Å². The molecular formula is C16H24ClNO3S. The molecule has 0 saturated carbocycles. The molecule has 3 atom stereocenters. The highest BCUT2D eigenvalue weighted by Crippen LogP contribution is 2.26. The van der Waals surface area contributed by atoms with Gasteiger partial charge >= 0.3 is 0 Å². The van der Waals surface area contributed by atoms with E-state index in [1.54, 1.807) is 7.05 Å². The Morgan fingerprint density at radius 1 is 1.32 bits per heavy atom. The van der Waals surface area contributed by atoms with E-state index in [-0.39, 0.29) is 23.6 Å².